The Kier molecular flexibility index (Phi) is 6.31. The fourth-order valence-corrected chi connectivity index (χ4v) is 2.29. The predicted molar refractivity (Wildman–Crippen MR) is 92.7 cm³/mol. The van der Waals surface area contributed by atoms with Crippen molar-refractivity contribution in [1.29, 1.82) is 0 Å². The summed E-state index contributed by atoms with van der Waals surface area (Å²) in [6.45, 7) is 0.139. The van der Waals surface area contributed by atoms with Crippen LogP contribution in [0.2, 0.25) is 0 Å². The third-order valence-corrected chi connectivity index (χ3v) is 3.67. The van der Waals surface area contributed by atoms with Crippen LogP contribution in [-0.4, -0.2) is 25.5 Å². The molecule has 0 saturated heterocycles. The molecule has 2 N–H and O–H groups in total. The van der Waals surface area contributed by atoms with Crippen molar-refractivity contribution in [1.82, 2.24) is 5.32 Å². The topological polar surface area (TPSA) is 67.4 Å². The molecule has 7 heteroatoms. The van der Waals surface area contributed by atoms with Gasteiger partial charge in [0.05, 0.1) is 12.8 Å². The summed E-state index contributed by atoms with van der Waals surface area (Å²) >= 11 is 3.14. The van der Waals surface area contributed by atoms with E-state index in [2.05, 4.69) is 26.6 Å². The number of ether oxygens (including phenoxy) is 1. The zero-order valence-corrected chi connectivity index (χ0v) is 14.5. The van der Waals surface area contributed by atoms with Crippen molar-refractivity contribution < 1.29 is 18.7 Å². The smallest absolute Gasteiger partial charge is 0.251 e. The van der Waals surface area contributed by atoms with Gasteiger partial charge in [-0.15, -0.1) is 0 Å². The third kappa shape index (κ3) is 5.06. The Morgan fingerprint density at radius 3 is 2.71 bits per heavy atom. The number of methoxy groups -OCH3 is 1. The monoisotopic (exact) mass is 394 g/mol. The fourth-order valence-electron chi connectivity index (χ4n) is 1.96. The van der Waals surface area contributed by atoms with Crippen molar-refractivity contribution in [2.75, 3.05) is 19.0 Å². The van der Waals surface area contributed by atoms with Crippen LogP contribution in [0.4, 0.5) is 10.1 Å². The summed E-state index contributed by atoms with van der Waals surface area (Å²) in [5.41, 5.74) is 0.538. The number of anilines is 1. The van der Waals surface area contributed by atoms with Crippen LogP contribution >= 0.6 is 15.9 Å². The zero-order valence-electron chi connectivity index (χ0n) is 12.9. The van der Waals surface area contributed by atoms with Crippen molar-refractivity contribution in [3.05, 3.63) is 58.3 Å². The number of carbonyl (C=O) groups excluding carboxylic acids is 2. The van der Waals surface area contributed by atoms with Gasteiger partial charge >= 0.3 is 0 Å². The molecule has 0 atom stereocenters. The van der Waals surface area contributed by atoms with E-state index in [-0.39, 0.29) is 30.5 Å². The van der Waals surface area contributed by atoms with E-state index in [9.17, 15) is 14.0 Å². The minimum Gasteiger partial charge on any atom is -0.497 e. The molecule has 0 bridgehead atoms. The van der Waals surface area contributed by atoms with E-state index in [4.69, 9.17) is 4.74 Å². The van der Waals surface area contributed by atoms with E-state index in [0.29, 0.717) is 15.8 Å². The lowest BCUT2D eigenvalue weighted by atomic mass is 10.2. The van der Waals surface area contributed by atoms with E-state index in [0.717, 1.165) is 0 Å². The lowest BCUT2D eigenvalue weighted by molar-refractivity contribution is -0.116. The largest absolute Gasteiger partial charge is 0.497 e. The van der Waals surface area contributed by atoms with E-state index in [1.807, 2.05) is 0 Å². The molecule has 0 aliphatic carbocycles. The number of carbonyl (C=O) groups is 2. The Morgan fingerprint density at radius 1 is 1.21 bits per heavy atom. The summed E-state index contributed by atoms with van der Waals surface area (Å²) in [7, 11) is 1.52. The summed E-state index contributed by atoms with van der Waals surface area (Å²) in [4.78, 5) is 23.8. The molecule has 0 saturated carbocycles. The number of nitrogens with one attached hydrogen (secondary N) is 2. The molecule has 2 rings (SSSR count). The number of amides is 2. The second kappa shape index (κ2) is 8.44. The standard InChI is InChI=1S/C17H16BrFN2O3/c1-24-13-4-2-3-11(9-13)17(23)20-8-7-16(22)21-15-6-5-12(18)10-14(15)19/h2-6,9-10H,7-8H2,1H3,(H,20,23)(H,21,22). The van der Waals surface area contributed by atoms with Gasteiger partial charge in [-0.1, -0.05) is 22.0 Å². The van der Waals surface area contributed by atoms with Crippen LogP contribution in [0.15, 0.2) is 46.9 Å². The van der Waals surface area contributed by atoms with E-state index in [1.54, 1.807) is 30.3 Å². The average molecular weight is 395 g/mol. The molecule has 0 heterocycles. The maximum Gasteiger partial charge on any atom is 0.251 e. The highest BCUT2D eigenvalue weighted by molar-refractivity contribution is 9.10. The first-order chi connectivity index (χ1) is 11.5. The van der Waals surface area contributed by atoms with Crippen LogP contribution in [0.25, 0.3) is 0 Å². The van der Waals surface area contributed by atoms with Crippen molar-refractivity contribution in [3.63, 3.8) is 0 Å². The van der Waals surface area contributed by atoms with Gasteiger partial charge in [0.2, 0.25) is 5.91 Å². The molecule has 0 fully saturated rings. The maximum absolute atomic E-state index is 13.6. The summed E-state index contributed by atoms with van der Waals surface area (Å²) in [6, 6.07) is 11.0. The third-order valence-electron chi connectivity index (χ3n) is 3.17. The Balaban J connectivity index is 1.82. The van der Waals surface area contributed by atoms with Crippen molar-refractivity contribution in [3.8, 4) is 5.75 Å². The first-order valence-electron chi connectivity index (χ1n) is 7.17. The molecule has 0 unspecified atom stereocenters. The highest BCUT2D eigenvalue weighted by Crippen LogP contribution is 2.19. The van der Waals surface area contributed by atoms with Crippen LogP contribution in [0.1, 0.15) is 16.8 Å². The molecule has 0 aliphatic rings. The van der Waals surface area contributed by atoms with Crippen molar-refractivity contribution in [2.24, 2.45) is 0 Å². The first kappa shape index (κ1) is 17.9. The van der Waals surface area contributed by atoms with Gasteiger partial charge in [-0.05, 0) is 36.4 Å². The lowest BCUT2D eigenvalue weighted by Gasteiger charge is -2.08. The van der Waals surface area contributed by atoms with Crippen LogP contribution < -0.4 is 15.4 Å². The van der Waals surface area contributed by atoms with Crippen LogP contribution in [0.5, 0.6) is 5.75 Å². The van der Waals surface area contributed by atoms with Crippen molar-refractivity contribution in [2.45, 2.75) is 6.42 Å². The highest BCUT2D eigenvalue weighted by atomic mass is 79.9. The van der Waals surface area contributed by atoms with Gasteiger partial charge in [-0.25, -0.2) is 4.39 Å². The number of benzene rings is 2. The van der Waals surface area contributed by atoms with Crippen LogP contribution in [0, 0.1) is 5.82 Å². The van der Waals surface area contributed by atoms with Gasteiger partial charge in [0.15, 0.2) is 0 Å². The molecular formula is C17H16BrFN2O3. The summed E-state index contributed by atoms with van der Waals surface area (Å²) < 4.78 is 19.3. The highest BCUT2D eigenvalue weighted by Gasteiger charge is 2.10. The normalized spacial score (nSPS) is 10.1. The second-order valence-corrected chi connectivity index (χ2v) is 5.83. The first-order valence-corrected chi connectivity index (χ1v) is 7.96. The van der Waals surface area contributed by atoms with Gasteiger partial charge in [-0.2, -0.15) is 0 Å². The van der Waals surface area contributed by atoms with Gasteiger partial charge in [-0.3, -0.25) is 9.59 Å². The van der Waals surface area contributed by atoms with E-state index < -0.39 is 5.82 Å². The number of hydrogen-bond acceptors (Lipinski definition) is 3. The molecule has 0 spiro atoms. The number of hydrogen-bond donors (Lipinski definition) is 2. The van der Waals surface area contributed by atoms with Gasteiger partial charge in [0.25, 0.3) is 5.91 Å². The summed E-state index contributed by atoms with van der Waals surface area (Å²) in [5.74, 6) is -0.650. The molecule has 2 amide bonds. The lowest BCUT2D eigenvalue weighted by Crippen LogP contribution is -2.27. The second-order valence-electron chi connectivity index (χ2n) is 4.91. The minimum absolute atomic E-state index is 0.0329. The van der Waals surface area contributed by atoms with Crippen molar-refractivity contribution >= 4 is 33.4 Å². The molecule has 0 aliphatic heterocycles. The Labute approximate surface area is 147 Å². The number of halogens is 2. The van der Waals surface area contributed by atoms with E-state index in [1.165, 1.54) is 19.2 Å². The average Bonchev–Trinajstić information content (AvgIpc) is 2.57. The molecule has 24 heavy (non-hydrogen) atoms. The van der Waals surface area contributed by atoms with Gasteiger partial charge < -0.3 is 15.4 Å². The molecule has 2 aromatic rings. The fraction of sp³-hybridized carbons (Fsp3) is 0.176. The molecule has 126 valence electrons. The van der Waals surface area contributed by atoms with Gasteiger partial charge in [0.1, 0.15) is 11.6 Å². The van der Waals surface area contributed by atoms with E-state index >= 15 is 0 Å². The molecule has 5 nitrogen and oxygen atoms in total. The Morgan fingerprint density at radius 2 is 2.00 bits per heavy atom. The minimum atomic E-state index is -0.529. The summed E-state index contributed by atoms with van der Waals surface area (Å²) in [6.07, 6.45) is 0.0329. The molecule has 0 aromatic heterocycles. The SMILES string of the molecule is COc1cccc(C(=O)NCCC(=O)Nc2ccc(Br)cc2F)c1. The number of rotatable bonds is 6. The zero-order chi connectivity index (χ0) is 17.5. The van der Waals surface area contributed by atoms with Crippen LogP contribution in [-0.2, 0) is 4.79 Å². The summed E-state index contributed by atoms with van der Waals surface area (Å²) in [5, 5.41) is 5.10. The predicted octanol–water partition coefficient (Wildman–Crippen LogP) is 3.36. The molecule has 2 aromatic carbocycles. The van der Waals surface area contributed by atoms with Gasteiger partial charge in [0, 0.05) is 23.0 Å². The molecule has 0 radical (unpaired) electrons. The molecular weight excluding hydrogens is 379 g/mol. The Bertz CT molecular complexity index is 752. The Hall–Kier alpha value is -2.41. The quantitative estimate of drug-likeness (QED) is 0.789. The van der Waals surface area contributed by atoms with Crippen LogP contribution in [0.3, 0.4) is 0 Å². The maximum atomic E-state index is 13.6.